The van der Waals surface area contributed by atoms with Gasteiger partial charge in [0.2, 0.25) is 5.79 Å². The van der Waals surface area contributed by atoms with E-state index in [2.05, 4.69) is 4.98 Å². The molecule has 0 aliphatic carbocycles. The molecule has 2 unspecified atom stereocenters. The highest BCUT2D eigenvalue weighted by Crippen LogP contribution is 2.40. The average Bonchev–Trinajstić information content (AvgIpc) is 3.58. The van der Waals surface area contributed by atoms with Crippen molar-refractivity contribution in [3.05, 3.63) is 117 Å². The summed E-state index contributed by atoms with van der Waals surface area (Å²) < 4.78 is 20.5. The number of imidazole rings is 1. The van der Waals surface area contributed by atoms with Crippen molar-refractivity contribution in [2.45, 2.75) is 18.4 Å². The zero-order chi connectivity index (χ0) is 27.8. The Labute approximate surface area is 233 Å². The topological polar surface area (TPSA) is 126 Å². The van der Waals surface area contributed by atoms with E-state index >= 15 is 0 Å². The first-order valence-corrected chi connectivity index (χ1v) is 12.4. The van der Waals surface area contributed by atoms with Crippen molar-refractivity contribution in [2.75, 3.05) is 13.2 Å². The second kappa shape index (κ2) is 12.7. The first kappa shape index (κ1) is 28.1. The van der Waals surface area contributed by atoms with Crippen LogP contribution in [0.25, 0.3) is 11.1 Å². The molecule has 2 atom stereocenters. The van der Waals surface area contributed by atoms with Crippen LogP contribution >= 0.6 is 23.2 Å². The summed E-state index contributed by atoms with van der Waals surface area (Å²) in [7, 11) is 0. The van der Waals surface area contributed by atoms with Crippen LogP contribution in [0.5, 0.6) is 5.75 Å². The van der Waals surface area contributed by atoms with Gasteiger partial charge in [0, 0.05) is 28.5 Å². The first-order chi connectivity index (χ1) is 18.8. The van der Waals surface area contributed by atoms with Gasteiger partial charge in [0.1, 0.15) is 18.5 Å². The Balaban J connectivity index is 0.000000826. The molecule has 10 nitrogen and oxygen atoms in total. The van der Waals surface area contributed by atoms with E-state index in [1.54, 1.807) is 30.7 Å². The van der Waals surface area contributed by atoms with E-state index in [0.29, 0.717) is 46.7 Å². The highest BCUT2D eigenvalue weighted by Gasteiger charge is 2.45. The fourth-order valence-electron chi connectivity index (χ4n) is 4.16. The Morgan fingerprint density at radius 2 is 1.92 bits per heavy atom. The summed E-state index contributed by atoms with van der Waals surface area (Å²) in [5.41, 5.74) is 3.16. The first-order valence-electron chi connectivity index (χ1n) is 11.6. The molecule has 1 aliphatic rings. The minimum atomic E-state index is -1.50. The molecule has 4 aromatic rings. The molecule has 1 aromatic heterocycles. The van der Waals surface area contributed by atoms with Crippen molar-refractivity contribution < 1.29 is 29.3 Å². The van der Waals surface area contributed by atoms with Crippen molar-refractivity contribution in [3.8, 4) is 16.9 Å². The van der Waals surface area contributed by atoms with Gasteiger partial charge >= 0.3 is 0 Å². The summed E-state index contributed by atoms with van der Waals surface area (Å²) in [5, 5.41) is 14.6. The van der Waals surface area contributed by atoms with E-state index in [1.165, 1.54) is 0 Å². The van der Waals surface area contributed by atoms with Gasteiger partial charge in [-0.05, 0) is 35.4 Å². The van der Waals surface area contributed by atoms with Crippen LogP contribution in [0.1, 0.15) is 15.9 Å². The van der Waals surface area contributed by atoms with Crippen LogP contribution in [0.15, 0.2) is 85.5 Å². The van der Waals surface area contributed by atoms with E-state index in [9.17, 15) is 4.79 Å². The number of hydrogen-bond acceptors (Lipinski definition) is 7. The Morgan fingerprint density at radius 3 is 2.59 bits per heavy atom. The lowest BCUT2D eigenvalue weighted by Crippen LogP contribution is -2.34. The Bertz CT molecular complexity index is 1410. The minimum Gasteiger partial charge on any atom is -0.491 e. The lowest BCUT2D eigenvalue weighted by Gasteiger charge is -2.30. The number of carbonyl (C=O) groups excluding carboxylic acids is 1. The van der Waals surface area contributed by atoms with Crippen LogP contribution in [0.3, 0.4) is 0 Å². The fraction of sp³-hybridized carbons (Fsp3) is 0.185. The normalized spacial score (nSPS) is 18.2. The predicted molar refractivity (Wildman–Crippen MR) is 143 cm³/mol. The highest BCUT2D eigenvalue weighted by atomic mass is 35.5. The van der Waals surface area contributed by atoms with Crippen LogP contribution in [0, 0.1) is 10.1 Å². The summed E-state index contributed by atoms with van der Waals surface area (Å²) in [6.07, 6.45) is 5.78. The van der Waals surface area contributed by atoms with Crippen molar-refractivity contribution in [2.24, 2.45) is 0 Å². The number of rotatable bonds is 8. The van der Waals surface area contributed by atoms with Crippen LogP contribution in [0.2, 0.25) is 10.0 Å². The number of aldehydes is 1. The fourth-order valence-corrected chi connectivity index (χ4v) is 4.71. The van der Waals surface area contributed by atoms with Gasteiger partial charge in [-0.15, -0.1) is 10.1 Å². The molecule has 2 heterocycles. The highest BCUT2D eigenvalue weighted by molar-refractivity contribution is 6.35. The maximum absolute atomic E-state index is 11.3. The Kier molecular flexibility index (Phi) is 9.15. The molecule has 0 bridgehead atoms. The number of ether oxygens (including phenoxy) is 3. The lowest BCUT2D eigenvalue weighted by atomic mass is 10.0. The molecule has 0 amide bonds. The molecule has 39 heavy (non-hydrogen) atoms. The number of nitrogens with zero attached hydrogens (tertiary/aromatic N) is 3. The molecule has 1 fully saturated rings. The molecule has 0 spiro atoms. The lowest BCUT2D eigenvalue weighted by molar-refractivity contribution is -0.742. The van der Waals surface area contributed by atoms with Gasteiger partial charge in [-0.3, -0.25) is 4.79 Å². The quantitative estimate of drug-likeness (QED) is 0.163. The Hall–Kier alpha value is -3.96. The SMILES string of the molecule is O=Cc1ccccc1-c1ccc(OCC2COC(Cn3ccnc3)(c3ccc(Cl)cc3Cl)O2)cc1.O=[N+]([O-])O. The summed E-state index contributed by atoms with van der Waals surface area (Å²) in [6.45, 7) is 0.995. The molecular weight excluding hydrogens is 549 g/mol. The van der Waals surface area contributed by atoms with Gasteiger partial charge in [0.15, 0.2) is 6.29 Å². The molecule has 202 valence electrons. The van der Waals surface area contributed by atoms with Gasteiger partial charge in [-0.25, -0.2) is 4.98 Å². The summed E-state index contributed by atoms with van der Waals surface area (Å²) in [4.78, 5) is 23.8. The average molecular weight is 572 g/mol. The Morgan fingerprint density at radius 1 is 1.18 bits per heavy atom. The summed E-state index contributed by atoms with van der Waals surface area (Å²) >= 11 is 12.6. The van der Waals surface area contributed by atoms with Crippen LogP contribution in [-0.4, -0.2) is 45.4 Å². The maximum Gasteiger partial charge on any atom is 0.291 e. The van der Waals surface area contributed by atoms with Crippen molar-refractivity contribution in [1.82, 2.24) is 9.55 Å². The molecule has 1 N–H and O–H groups in total. The van der Waals surface area contributed by atoms with Gasteiger partial charge in [0.05, 0.1) is 24.5 Å². The van der Waals surface area contributed by atoms with E-state index in [-0.39, 0.29) is 6.10 Å². The molecule has 5 rings (SSSR count). The standard InChI is InChI=1S/C27H22Cl2N2O4.HNO3/c28-21-7-10-25(26(29)13-21)27(17-31-12-11-30-18-31)34-16-23(35-27)15-33-22-8-5-19(6-9-22)24-4-2-1-3-20(24)14-32;2-1(3)4/h1-14,18,23H,15-17H2;(H,2,3,4). The molecular formula is C27H23Cl2N3O7. The van der Waals surface area contributed by atoms with E-state index < -0.39 is 10.9 Å². The van der Waals surface area contributed by atoms with Gasteiger partial charge in [-0.2, -0.15) is 0 Å². The smallest absolute Gasteiger partial charge is 0.291 e. The second-order valence-electron chi connectivity index (χ2n) is 8.44. The second-order valence-corrected chi connectivity index (χ2v) is 9.28. The third-order valence-electron chi connectivity index (χ3n) is 5.84. The summed E-state index contributed by atoms with van der Waals surface area (Å²) in [6, 6.07) is 20.4. The molecule has 1 saturated heterocycles. The largest absolute Gasteiger partial charge is 0.491 e. The zero-order valence-electron chi connectivity index (χ0n) is 20.4. The predicted octanol–water partition coefficient (Wildman–Crippen LogP) is 5.67. The summed E-state index contributed by atoms with van der Waals surface area (Å²) in [5.74, 6) is -0.406. The van der Waals surface area contributed by atoms with Gasteiger partial charge in [0.25, 0.3) is 5.09 Å². The molecule has 0 radical (unpaired) electrons. The third kappa shape index (κ3) is 7.12. The number of hydrogen-bond donors (Lipinski definition) is 1. The van der Waals surface area contributed by atoms with Gasteiger partial charge < -0.3 is 24.0 Å². The van der Waals surface area contributed by atoms with Crippen molar-refractivity contribution in [1.29, 1.82) is 0 Å². The third-order valence-corrected chi connectivity index (χ3v) is 6.39. The van der Waals surface area contributed by atoms with Crippen molar-refractivity contribution >= 4 is 29.5 Å². The number of carbonyl (C=O) groups is 1. The van der Waals surface area contributed by atoms with Crippen LogP contribution < -0.4 is 4.74 Å². The van der Waals surface area contributed by atoms with Crippen LogP contribution in [0.4, 0.5) is 0 Å². The minimum absolute atomic E-state index is 0.293. The van der Waals surface area contributed by atoms with E-state index in [0.717, 1.165) is 17.4 Å². The molecule has 0 saturated carbocycles. The monoisotopic (exact) mass is 571 g/mol. The van der Waals surface area contributed by atoms with Crippen molar-refractivity contribution in [3.63, 3.8) is 0 Å². The van der Waals surface area contributed by atoms with Gasteiger partial charge in [-0.1, -0.05) is 65.7 Å². The maximum atomic E-state index is 11.3. The number of halogens is 2. The van der Waals surface area contributed by atoms with Crippen LogP contribution in [-0.2, 0) is 21.8 Å². The number of benzene rings is 3. The molecule has 12 heteroatoms. The van der Waals surface area contributed by atoms with E-state index in [4.69, 9.17) is 52.7 Å². The molecule has 1 aliphatic heterocycles. The molecule has 3 aromatic carbocycles. The zero-order valence-corrected chi connectivity index (χ0v) is 21.9. The van der Waals surface area contributed by atoms with E-state index in [1.807, 2.05) is 59.3 Å². The number of aromatic nitrogens is 2.